The first-order chi connectivity index (χ1) is 23.2. The third kappa shape index (κ3) is 11.4. The molecule has 0 saturated carbocycles. The number of carbonyl (C=O) groups excluding carboxylic acids is 3. The number of nitrogens with zero attached hydrogens (tertiary/aromatic N) is 1. The molecule has 3 aromatic carbocycles. The summed E-state index contributed by atoms with van der Waals surface area (Å²) in [5.41, 5.74) is -0.367. The molecule has 0 unspecified atom stereocenters. The van der Waals surface area contributed by atoms with E-state index in [1.54, 1.807) is 43.3 Å². The van der Waals surface area contributed by atoms with Gasteiger partial charge in [0.25, 0.3) is 5.91 Å². The maximum atomic E-state index is 13.5. The number of ether oxygens (including phenoxy) is 3. The Morgan fingerprint density at radius 1 is 0.918 bits per heavy atom. The van der Waals surface area contributed by atoms with Crippen LogP contribution in [-0.2, 0) is 33.5 Å². The highest BCUT2D eigenvalue weighted by molar-refractivity contribution is 5.97. The van der Waals surface area contributed by atoms with Crippen molar-refractivity contribution in [2.45, 2.75) is 32.5 Å². The van der Waals surface area contributed by atoms with E-state index >= 15 is 0 Å². The van der Waals surface area contributed by atoms with E-state index < -0.39 is 48.5 Å². The van der Waals surface area contributed by atoms with Gasteiger partial charge in [-0.1, -0.05) is 43.8 Å². The lowest BCUT2D eigenvalue weighted by atomic mass is 10.0. The summed E-state index contributed by atoms with van der Waals surface area (Å²) in [6.07, 6.45) is -0.741. The predicted molar refractivity (Wildman–Crippen MR) is 174 cm³/mol. The summed E-state index contributed by atoms with van der Waals surface area (Å²) in [5, 5.41) is 11.9. The second kappa shape index (κ2) is 17.3. The smallest absolute Gasteiger partial charge is 0.416 e. The standard InChI is InChI=1S/C36H35F3N2O8/c1-5-7-25(13-10-23(2)40-32(42)19-26-14-17-30(48-4)20-31(26)36(37,38)39)34(45)41(22-33(43)44)21-24-11-15-28(16-12-24)49-35(46)27-8-6-9-29(18-27)47-3/h6-18,20H,2,5,19,21-22H2,1,3-4H3,(H,40,42)(H,43,44). The van der Waals surface area contributed by atoms with E-state index in [2.05, 4.69) is 11.9 Å². The van der Waals surface area contributed by atoms with E-state index in [4.69, 9.17) is 14.2 Å². The number of benzene rings is 3. The van der Waals surface area contributed by atoms with Crippen LogP contribution in [0, 0.1) is 0 Å². The number of alkyl halides is 3. The van der Waals surface area contributed by atoms with Crippen LogP contribution in [0.25, 0.3) is 0 Å². The Bertz CT molecular complexity index is 1750. The van der Waals surface area contributed by atoms with E-state index in [9.17, 15) is 37.5 Å². The van der Waals surface area contributed by atoms with Gasteiger partial charge in [0.15, 0.2) is 0 Å². The van der Waals surface area contributed by atoms with Crippen LogP contribution >= 0.6 is 0 Å². The number of nitrogens with one attached hydrogen (secondary N) is 1. The Morgan fingerprint density at radius 3 is 2.18 bits per heavy atom. The lowest BCUT2D eigenvalue weighted by molar-refractivity contribution is -0.143. The summed E-state index contributed by atoms with van der Waals surface area (Å²) in [5.74, 6) is -2.58. The zero-order valence-corrected chi connectivity index (χ0v) is 27.0. The van der Waals surface area contributed by atoms with Gasteiger partial charge in [-0.3, -0.25) is 14.4 Å². The molecule has 0 radical (unpaired) electrons. The Labute approximate surface area is 281 Å². The first-order valence-corrected chi connectivity index (χ1v) is 14.8. The first kappa shape index (κ1) is 37.6. The van der Waals surface area contributed by atoms with Crippen molar-refractivity contribution in [3.05, 3.63) is 125 Å². The third-order valence-electron chi connectivity index (χ3n) is 6.83. The fourth-order valence-corrected chi connectivity index (χ4v) is 4.52. The molecule has 0 aromatic heterocycles. The highest BCUT2D eigenvalue weighted by Crippen LogP contribution is 2.34. The number of amides is 2. The molecule has 0 aliphatic carbocycles. The van der Waals surface area contributed by atoms with Gasteiger partial charge in [-0.25, -0.2) is 4.79 Å². The normalized spacial score (nSPS) is 11.5. The SMILES string of the molecule is C=C(C=CC(=CCC)C(=O)N(CC(=O)O)Cc1ccc(OC(=O)c2cccc(OC)c2)cc1)NC(=O)Cc1ccc(OC)cc1C(F)(F)F. The van der Waals surface area contributed by atoms with Crippen LogP contribution in [0.3, 0.4) is 0 Å². The van der Waals surface area contributed by atoms with E-state index in [1.165, 1.54) is 50.6 Å². The molecular formula is C36H35F3N2O8. The lowest BCUT2D eigenvalue weighted by Crippen LogP contribution is -2.36. The Morgan fingerprint density at radius 2 is 1.57 bits per heavy atom. The molecule has 0 atom stereocenters. The number of hydrogen-bond acceptors (Lipinski definition) is 7. The zero-order valence-electron chi connectivity index (χ0n) is 27.0. The van der Waals surface area contributed by atoms with Crippen molar-refractivity contribution in [1.29, 1.82) is 0 Å². The van der Waals surface area contributed by atoms with Crippen LogP contribution < -0.4 is 19.5 Å². The van der Waals surface area contributed by atoms with Gasteiger partial charge in [-0.05, 0) is 72.2 Å². The van der Waals surface area contributed by atoms with Crippen LogP contribution in [0.2, 0.25) is 0 Å². The summed E-state index contributed by atoms with van der Waals surface area (Å²) in [4.78, 5) is 51.4. The van der Waals surface area contributed by atoms with Gasteiger partial charge in [-0.2, -0.15) is 13.2 Å². The number of rotatable bonds is 15. The lowest BCUT2D eigenvalue weighted by Gasteiger charge is -2.22. The van der Waals surface area contributed by atoms with Crippen molar-refractivity contribution >= 4 is 23.8 Å². The molecule has 0 saturated heterocycles. The van der Waals surface area contributed by atoms with E-state index in [0.717, 1.165) is 17.0 Å². The molecule has 0 heterocycles. The average molecular weight is 681 g/mol. The van der Waals surface area contributed by atoms with Crippen LogP contribution in [0.5, 0.6) is 17.2 Å². The van der Waals surface area contributed by atoms with Gasteiger partial charge >= 0.3 is 18.1 Å². The predicted octanol–water partition coefficient (Wildman–Crippen LogP) is 6.12. The number of methoxy groups -OCH3 is 2. The van der Waals surface area contributed by atoms with Gasteiger partial charge in [0.05, 0.1) is 31.8 Å². The highest BCUT2D eigenvalue weighted by Gasteiger charge is 2.34. The first-order valence-electron chi connectivity index (χ1n) is 14.8. The van der Waals surface area contributed by atoms with Gasteiger partial charge in [0.1, 0.15) is 23.8 Å². The molecule has 3 aromatic rings. The third-order valence-corrected chi connectivity index (χ3v) is 6.83. The van der Waals surface area contributed by atoms with Crippen molar-refractivity contribution in [2.75, 3.05) is 20.8 Å². The topological polar surface area (TPSA) is 131 Å². The number of allylic oxidation sites excluding steroid dienone is 2. The number of esters is 1. The summed E-state index contributed by atoms with van der Waals surface area (Å²) < 4.78 is 56.0. The van der Waals surface area contributed by atoms with Gasteiger partial charge in [0.2, 0.25) is 5.91 Å². The second-order valence-electron chi connectivity index (χ2n) is 10.5. The summed E-state index contributed by atoms with van der Waals surface area (Å²) in [6, 6.07) is 15.9. The van der Waals surface area contributed by atoms with Crippen molar-refractivity contribution in [3.63, 3.8) is 0 Å². The highest BCUT2D eigenvalue weighted by atomic mass is 19.4. The van der Waals surface area contributed by atoms with Crippen LogP contribution in [-0.4, -0.2) is 54.5 Å². The second-order valence-corrected chi connectivity index (χ2v) is 10.5. The summed E-state index contributed by atoms with van der Waals surface area (Å²) in [6.45, 7) is 4.71. The molecule has 0 spiro atoms. The van der Waals surface area contributed by atoms with Gasteiger partial charge < -0.3 is 29.5 Å². The Kier molecular flexibility index (Phi) is 13.3. The molecule has 0 fully saturated rings. The number of aliphatic carboxylic acids is 1. The fourth-order valence-electron chi connectivity index (χ4n) is 4.52. The quantitative estimate of drug-likeness (QED) is 0.0850. The van der Waals surface area contributed by atoms with Crippen LogP contribution in [0.15, 0.2) is 103 Å². The summed E-state index contributed by atoms with van der Waals surface area (Å²) >= 11 is 0. The molecular weight excluding hydrogens is 645 g/mol. The number of carboxylic acids is 1. The van der Waals surface area contributed by atoms with Crippen molar-refractivity contribution in [3.8, 4) is 17.2 Å². The largest absolute Gasteiger partial charge is 0.497 e. The summed E-state index contributed by atoms with van der Waals surface area (Å²) in [7, 11) is 2.71. The maximum Gasteiger partial charge on any atom is 0.416 e. The fraction of sp³-hybridized carbons (Fsp3) is 0.222. The molecule has 10 nitrogen and oxygen atoms in total. The van der Waals surface area contributed by atoms with Crippen molar-refractivity contribution in [1.82, 2.24) is 10.2 Å². The van der Waals surface area contributed by atoms with E-state index in [0.29, 0.717) is 17.7 Å². The number of halogens is 3. The minimum absolute atomic E-state index is 0.00857. The zero-order chi connectivity index (χ0) is 36.1. The average Bonchev–Trinajstić information content (AvgIpc) is 3.06. The van der Waals surface area contributed by atoms with Crippen molar-refractivity contribution < 1.29 is 51.7 Å². The molecule has 0 bridgehead atoms. The molecule has 13 heteroatoms. The molecule has 3 rings (SSSR count). The monoisotopic (exact) mass is 680 g/mol. The van der Waals surface area contributed by atoms with Gasteiger partial charge in [0, 0.05) is 17.8 Å². The Balaban J connectivity index is 1.69. The van der Waals surface area contributed by atoms with Crippen LogP contribution in [0.4, 0.5) is 13.2 Å². The molecule has 2 N–H and O–H groups in total. The van der Waals surface area contributed by atoms with E-state index in [1.807, 2.05) is 0 Å². The number of hydrogen-bond donors (Lipinski definition) is 2. The minimum Gasteiger partial charge on any atom is -0.497 e. The number of carbonyl (C=O) groups is 4. The van der Waals surface area contributed by atoms with Crippen molar-refractivity contribution in [2.24, 2.45) is 0 Å². The molecule has 0 aliphatic rings. The Hall–Kier alpha value is -5.85. The minimum atomic E-state index is -4.71. The molecule has 2 amide bonds. The van der Waals surface area contributed by atoms with Crippen LogP contribution in [0.1, 0.15) is 40.4 Å². The molecule has 49 heavy (non-hydrogen) atoms. The molecule has 258 valence electrons. The maximum absolute atomic E-state index is 13.5. The number of carboxylic acid groups (broad SMARTS) is 1. The van der Waals surface area contributed by atoms with Gasteiger partial charge in [-0.15, -0.1) is 0 Å². The van der Waals surface area contributed by atoms with E-state index in [-0.39, 0.29) is 40.4 Å². The molecule has 0 aliphatic heterocycles.